The molecule has 3 N–H and O–H groups in total. The van der Waals surface area contributed by atoms with Crippen LogP contribution in [-0.2, 0) is 4.79 Å². The molecule has 1 amide bonds. The smallest absolute Gasteiger partial charge is 0.231 e. The van der Waals surface area contributed by atoms with E-state index in [9.17, 15) is 4.79 Å². The predicted octanol–water partition coefficient (Wildman–Crippen LogP) is 2.30. The summed E-state index contributed by atoms with van der Waals surface area (Å²) in [5.74, 6) is 0.0458. The Bertz CT molecular complexity index is 614. The number of hydrogen-bond acceptors (Lipinski definition) is 3. The summed E-state index contributed by atoms with van der Waals surface area (Å²) >= 11 is 0. The lowest BCUT2D eigenvalue weighted by atomic mass is 9.68. The van der Waals surface area contributed by atoms with Crippen molar-refractivity contribution >= 4 is 22.5 Å². The van der Waals surface area contributed by atoms with Gasteiger partial charge in [-0.3, -0.25) is 9.78 Å². The first-order chi connectivity index (χ1) is 9.23. The van der Waals surface area contributed by atoms with Gasteiger partial charge in [0.2, 0.25) is 5.91 Å². The number of rotatable bonds is 3. The van der Waals surface area contributed by atoms with Crippen LogP contribution in [0.5, 0.6) is 0 Å². The Labute approximate surface area is 112 Å². The van der Waals surface area contributed by atoms with Crippen LogP contribution in [0.15, 0.2) is 36.5 Å². The van der Waals surface area contributed by atoms with Gasteiger partial charge in [0.25, 0.3) is 0 Å². The molecule has 4 heteroatoms. The van der Waals surface area contributed by atoms with Gasteiger partial charge >= 0.3 is 0 Å². The summed E-state index contributed by atoms with van der Waals surface area (Å²) in [6, 6.07) is 9.63. The lowest BCUT2D eigenvalue weighted by Crippen LogP contribution is -2.47. The second-order valence-electron chi connectivity index (χ2n) is 5.20. The molecule has 3 rings (SSSR count). The molecule has 1 aromatic carbocycles. The number of nitrogens with one attached hydrogen (secondary N) is 1. The molecule has 1 aliphatic carbocycles. The molecule has 0 radical (unpaired) electrons. The second-order valence-corrected chi connectivity index (χ2v) is 5.20. The van der Waals surface area contributed by atoms with E-state index >= 15 is 0 Å². The molecule has 4 nitrogen and oxygen atoms in total. The second kappa shape index (κ2) is 4.63. The highest BCUT2D eigenvalue weighted by Gasteiger charge is 2.42. The zero-order valence-corrected chi connectivity index (χ0v) is 10.7. The molecule has 2 aromatic rings. The van der Waals surface area contributed by atoms with Crippen LogP contribution >= 0.6 is 0 Å². The summed E-state index contributed by atoms with van der Waals surface area (Å²) in [4.78, 5) is 16.5. The third-order valence-corrected chi connectivity index (χ3v) is 4.04. The maximum atomic E-state index is 12.3. The summed E-state index contributed by atoms with van der Waals surface area (Å²) in [6.45, 7) is 0.425. The molecule has 98 valence electrons. The van der Waals surface area contributed by atoms with Crippen LogP contribution in [0.2, 0.25) is 0 Å². The SMILES string of the molecule is NCC1(C(=O)Nc2ccc3ncccc3c2)CCC1. The molecule has 0 spiro atoms. The fourth-order valence-electron chi connectivity index (χ4n) is 2.54. The van der Waals surface area contributed by atoms with Crippen LogP contribution < -0.4 is 11.1 Å². The molecule has 1 saturated carbocycles. The van der Waals surface area contributed by atoms with Gasteiger partial charge in [-0.1, -0.05) is 12.5 Å². The molecule has 19 heavy (non-hydrogen) atoms. The van der Waals surface area contributed by atoms with E-state index in [4.69, 9.17) is 5.73 Å². The standard InChI is InChI=1S/C15H17N3O/c16-10-15(6-2-7-15)14(19)18-12-4-5-13-11(9-12)3-1-8-17-13/h1,3-5,8-9H,2,6-7,10,16H2,(H,18,19). The Morgan fingerprint density at radius 3 is 2.89 bits per heavy atom. The molecule has 0 saturated heterocycles. The van der Waals surface area contributed by atoms with Crippen molar-refractivity contribution in [3.8, 4) is 0 Å². The highest BCUT2D eigenvalue weighted by Crippen LogP contribution is 2.40. The Morgan fingerprint density at radius 1 is 1.37 bits per heavy atom. The van der Waals surface area contributed by atoms with Crippen LogP contribution in [0, 0.1) is 5.41 Å². The fraction of sp³-hybridized carbons (Fsp3) is 0.333. The van der Waals surface area contributed by atoms with E-state index in [-0.39, 0.29) is 11.3 Å². The van der Waals surface area contributed by atoms with Gasteiger partial charge in [-0.05, 0) is 37.1 Å². The number of benzene rings is 1. The van der Waals surface area contributed by atoms with Crippen molar-refractivity contribution < 1.29 is 4.79 Å². The normalized spacial score (nSPS) is 16.9. The van der Waals surface area contributed by atoms with E-state index in [0.717, 1.165) is 35.9 Å². The van der Waals surface area contributed by atoms with Crippen LogP contribution in [0.4, 0.5) is 5.69 Å². The molecule has 1 heterocycles. The minimum atomic E-state index is -0.343. The number of nitrogens with zero attached hydrogens (tertiary/aromatic N) is 1. The molecule has 1 aliphatic rings. The van der Waals surface area contributed by atoms with E-state index in [1.54, 1.807) is 6.20 Å². The first-order valence-electron chi connectivity index (χ1n) is 6.60. The lowest BCUT2D eigenvalue weighted by Gasteiger charge is -2.39. The van der Waals surface area contributed by atoms with E-state index in [1.807, 2.05) is 30.3 Å². The number of carbonyl (C=O) groups excluding carboxylic acids is 1. The quantitative estimate of drug-likeness (QED) is 0.884. The monoisotopic (exact) mass is 255 g/mol. The van der Waals surface area contributed by atoms with E-state index in [0.29, 0.717) is 6.54 Å². The van der Waals surface area contributed by atoms with Crippen LogP contribution in [-0.4, -0.2) is 17.4 Å². The number of pyridine rings is 1. The highest BCUT2D eigenvalue weighted by atomic mass is 16.2. The number of fused-ring (bicyclic) bond motifs is 1. The lowest BCUT2D eigenvalue weighted by molar-refractivity contribution is -0.129. The van der Waals surface area contributed by atoms with Crippen molar-refractivity contribution in [2.24, 2.45) is 11.1 Å². The van der Waals surface area contributed by atoms with Crippen molar-refractivity contribution in [2.75, 3.05) is 11.9 Å². The fourth-order valence-corrected chi connectivity index (χ4v) is 2.54. The summed E-state index contributed by atoms with van der Waals surface area (Å²) in [5.41, 5.74) is 7.14. The summed E-state index contributed by atoms with van der Waals surface area (Å²) in [6.07, 6.45) is 4.64. The highest BCUT2D eigenvalue weighted by molar-refractivity contribution is 5.97. The number of amides is 1. The molecular formula is C15H17N3O. The van der Waals surface area contributed by atoms with Gasteiger partial charge < -0.3 is 11.1 Å². The maximum absolute atomic E-state index is 12.3. The predicted molar refractivity (Wildman–Crippen MR) is 75.7 cm³/mol. The van der Waals surface area contributed by atoms with Gasteiger partial charge in [0, 0.05) is 23.8 Å². The number of aromatic nitrogens is 1. The molecule has 0 unspecified atom stereocenters. The van der Waals surface area contributed by atoms with E-state index < -0.39 is 0 Å². The molecule has 1 aromatic heterocycles. The van der Waals surface area contributed by atoms with Crippen molar-refractivity contribution in [1.82, 2.24) is 4.98 Å². The van der Waals surface area contributed by atoms with Gasteiger partial charge in [-0.15, -0.1) is 0 Å². The minimum absolute atomic E-state index is 0.0458. The largest absolute Gasteiger partial charge is 0.329 e. The van der Waals surface area contributed by atoms with Crippen LogP contribution in [0.3, 0.4) is 0 Å². The van der Waals surface area contributed by atoms with Gasteiger partial charge in [0.05, 0.1) is 10.9 Å². The number of nitrogens with two attached hydrogens (primary N) is 1. The third-order valence-electron chi connectivity index (χ3n) is 4.04. The van der Waals surface area contributed by atoms with Gasteiger partial charge in [0.15, 0.2) is 0 Å². The van der Waals surface area contributed by atoms with Gasteiger partial charge in [0.1, 0.15) is 0 Å². The summed E-state index contributed by atoms with van der Waals surface area (Å²) in [5, 5.41) is 4.00. The minimum Gasteiger partial charge on any atom is -0.329 e. The first kappa shape index (κ1) is 12.1. The average Bonchev–Trinajstić information content (AvgIpc) is 2.38. The first-order valence-corrected chi connectivity index (χ1v) is 6.60. The number of hydrogen-bond donors (Lipinski definition) is 2. The van der Waals surface area contributed by atoms with E-state index in [2.05, 4.69) is 10.3 Å². The van der Waals surface area contributed by atoms with Crippen LogP contribution in [0.1, 0.15) is 19.3 Å². The zero-order valence-electron chi connectivity index (χ0n) is 10.7. The van der Waals surface area contributed by atoms with Gasteiger partial charge in [-0.25, -0.2) is 0 Å². The summed E-state index contributed by atoms with van der Waals surface area (Å²) < 4.78 is 0. The molecule has 0 atom stereocenters. The van der Waals surface area contributed by atoms with Crippen molar-refractivity contribution in [3.05, 3.63) is 36.5 Å². The van der Waals surface area contributed by atoms with Crippen molar-refractivity contribution in [1.29, 1.82) is 0 Å². The Balaban J connectivity index is 1.83. The Hall–Kier alpha value is -1.94. The molecule has 0 aliphatic heterocycles. The van der Waals surface area contributed by atoms with Crippen LogP contribution in [0.25, 0.3) is 10.9 Å². The number of anilines is 1. The maximum Gasteiger partial charge on any atom is 0.231 e. The summed E-state index contributed by atoms with van der Waals surface area (Å²) in [7, 11) is 0. The van der Waals surface area contributed by atoms with Crippen molar-refractivity contribution in [3.63, 3.8) is 0 Å². The average molecular weight is 255 g/mol. The Kier molecular flexibility index (Phi) is 2.95. The molecular weight excluding hydrogens is 238 g/mol. The zero-order chi connectivity index (χ0) is 13.3. The van der Waals surface area contributed by atoms with E-state index in [1.165, 1.54) is 0 Å². The number of carbonyl (C=O) groups is 1. The Morgan fingerprint density at radius 2 is 2.21 bits per heavy atom. The molecule has 0 bridgehead atoms. The third kappa shape index (κ3) is 2.08. The van der Waals surface area contributed by atoms with Gasteiger partial charge in [-0.2, -0.15) is 0 Å². The van der Waals surface area contributed by atoms with Crippen molar-refractivity contribution in [2.45, 2.75) is 19.3 Å². The topological polar surface area (TPSA) is 68.0 Å². The molecule has 1 fully saturated rings.